The number of aromatic nitrogens is 2. The zero-order chi connectivity index (χ0) is 12.2. The largest absolute Gasteiger partial charge is 0.244 e. The van der Waals surface area contributed by atoms with E-state index >= 15 is 0 Å². The third-order valence-electron chi connectivity index (χ3n) is 2.86. The highest BCUT2D eigenvalue weighted by Gasteiger charge is 2.01. The zero-order valence-electron chi connectivity index (χ0n) is 9.82. The molecule has 3 rings (SSSR count). The Balaban J connectivity index is 2.05. The Hall–Kier alpha value is -2.48. The summed E-state index contributed by atoms with van der Waals surface area (Å²) in [5.74, 6) is 0. The molecule has 0 aliphatic heterocycles. The van der Waals surface area contributed by atoms with Crippen molar-refractivity contribution in [1.29, 1.82) is 0 Å². The standard InChI is InChI=1S/C16H12N2/c1-2-5-13(6-3-1)14-7-4-8-15(9-14)16-10-17-12-18-11-16/h1-12H. The Bertz CT molecular complexity index is 579. The lowest BCUT2D eigenvalue weighted by atomic mass is 10.0. The minimum Gasteiger partial charge on any atom is -0.244 e. The molecule has 2 heteroatoms. The van der Waals surface area contributed by atoms with Crippen LogP contribution in [0.25, 0.3) is 22.3 Å². The molecule has 86 valence electrons. The lowest BCUT2D eigenvalue weighted by Crippen LogP contribution is -1.83. The number of hydrogen-bond donors (Lipinski definition) is 0. The van der Waals surface area contributed by atoms with E-state index in [-0.39, 0.29) is 0 Å². The highest BCUT2D eigenvalue weighted by atomic mass is 14.8. The van der Waals surface area contributed by atoms with Gasteiger partial charge in [0.05, 0.1) is 0 Å². The van der Waals surface area contributed by atoms with E-state index < -0.39 is 0 Å². The fraction of sp³-hybridized carbons (Fsp3) is 0. The molecule has 0 unspecified atom stereocenters. The van der Waals surface area contributed by atoms with Gasteiger partial charge in [-0.2, -0.15) is 0 Å². The van der Waals surface area contributed by atoms with E-state index in [9.17, 15) is 0 Å². The first-order valence-corrected chi connectivity index (χ1v) is 5.84. The molecule has 1 heterocycles. The van der Waals surface area contributed by atoms with Crippen LogP contribution < -0.4 is 0 Å². The third kappa shape index (κ3) is 2.13. The molecule has 1 aromatic heterocycles. The van der Waals surface area contributed by atoms with Gasteiger partial charge in [0.1, 0.15) is 6.33 Å². The van der Waals surface area contributed by atoms with E-state index in [2.05, 4.69) is 46.4 Å². The van der Waals surface area contributed by atoms with E-state index in [1.807, 2.05) is 30.6 Å². The van der Waals surface area contributed by atoms with Gasteiger partial charge in [-0.25, -0.2) is 9.97 Å². The van der Waals surface area contributed by atoms with Gasteiger partial charge in [-0.1, -0.05) is 48.5 Å². The van der Waals surface area contributed by atoms with Crippen LogP contribution >= 0.6 is 0 Å². The van der Waals surface area contributed by atoms with Crippen LogP contribution in [-0.4, -0.2) is 9.97 Å². The van der Waals surface area contributed by atoms with E-state index in [0.717, 1.165) is 11.1 Å². The molecule has 0 spiro atoms. The summed E-state index contributed by atoms with van der Waals surface area (Å²) in [7, 11) is 0. The maximum atomic E-state index is 4.05. The first-order chi connectivity index (χ1) is 8.93. The summed E-state index contributed by atoms with van der Waals surface area (Å²) < 4.78 is 0. The van der Waals surface area contributed by atoms with Crippen LogP contribution in [0.5, 0.6) is 0 Å². The van der Waals surface area contributed by atoms with Crippen molar-refractivity contribution in [3.05, 3.63) is 73.3 Å². The van der Waals surface area contributed by atoms with Crippen LogP contribution in [0.15, 0.2) is 73.3 Å². The summed E-state index contributed by atoms with van der Waals surface area (Å²) in [5, 5.41) is 0. The van der Waals surface area contributed by atoms with Crippen LogP contribution in [0.2, 0.25) is 0 Å². The Morgan fingerprint density at radius 2 is 1.17 bits per heavy atom. The van der Waals surface area contributed by atoms with Crippen molar-refractivity contribution >= 4 is 0 Å². The van der Waals surface area contributed by atoms with Crippen LogP contribution in [0, 0.1) is 0 Å². The first-order valence-electron chi connectivity index (χ1n) is 5.84. The molecule has 0 saturated heterocycles. The molecule has 3 aromatic rings. The van der Waals surface area contributed by atoms with Gasteiger partial charge in [0.25, 0.3) is 0 Å². The molecule has 0 atom stereocenters. The highest BCUT2D eigenvalue weighted by molar-refractivity contribution is 5.72. The second-order valence-electron chi connectivity index (χ2n) is 4.07. The number of nitrogens with zero attached hydrogens (tertiary/aromatic N) is 2. The lowest BCUT2D eigenvalue weighted by Gasteiger charge is -2.05. The quantitative estimate of drug-likeness (QED) is 0.671. The first kappa shape index (κ1) is 10.7. The summed E-state index contributed by atoms with van der Waals surface area (Å²) in [6, 6.07) is 18.8. The summed E-state index contributed by atoms with van der Waals surface area (Å²) >= 11 is 0. The molecule has 0 radical (unpaired) electrons. The fourth-order valence-electron chi connectivity index (χ4n) is 1.96. The van der Waals surface area contributed by atoms with Gasteiger partial charge in [0.15, 0.2) is 0 Å². The topological polar surface area (TPSA) is 25.8 Å². The van der Waals surface area contributed by atoms with Crippen LogP contribution in [0.1, 0.15) is 0 Å². The Morgan fingerprint density at radius 1 is 0.556 bits per heavy atom. The fourth-order valence-corrected chi connectivity index (χ4v) is 1.96. The van der Waals surface area contributed by atoms with Gasteiger partial charge in [0, 0.05) is 18.0 Å². The Morgan fingerprint density at radius 3 is 1.89 bits per heavy atom. The Labute approximate surface area is 106 Å². The SMILES string of the molecule is c1ccc(-c2cccc(-c3cncnc3)c2)cc1. The summed E-state index contributed by atoms with van der Waals surface area (Å²) in [5.41, 5.74) is 4.60. The van der Waals surface area contributed by atoms with Gasteiger partial charge in [-0.05, 0) is 22.8 Å². The molecule has 0 N–H and O–H groups in total. The minimum absolute atomic E-state index is 1.04. The molecule has 0 aliphatic carbocycles. The van der Waals surface area contributed by atoms with Gasteiger partial charge in [-0.15, -0.1) is 0 Å². The van der Waals surface area contributed by atoms with Crippen LogP contribution in [0.4, 0.5) is 0 Å². The second kappa shape index (κ2) is 4.80. The van der Waals surface area contributed by atoms with E-state index in [1.165, 1.54) is 11.1 Å². The van der Waals surface area contributed by atoms with E-state index in [1.54, 1.807) is 6.33 Å². The maximum absolute atomic E-state index is 4.05. The van der Waals surface area contributed by atoms with Crippen molar-refractivity contribution in [3.63, 3.8) is 0 Å². The average molecular weight is 232 g/mol. The van der Waals surface area contributed by atoms with Crippen molar-refractivity contribution in [3.8, 4) is 22.3 Å². The van der Waals surface area contributed by atoms with Gasteiger partial charge < -0.3 is 0 Å². The van der Waals surface area contributed by atoms with Gasteiger partial charge in [-0.3, -0.25) is 0 Å². The molecule has 0 saturated carbocycles. The molecular formula is C16H12N2. The molecule has 0 bridgehead atoms. The number of hydrogen-bond acceptors (Lipinski definition) is 2. The lowest BCUT2D eigenvalue weighted by molar-refractivity contribution is 1.17. The monoisotopic (exact) mass is 232 g/mol. The van der Waals surface area contributed by atoms with Crippen molar-refractivity contribution < 1.29 is 0 Å². The minimum atomic E-state index is 1.04. The number of rotatable bonds is 2. The predicted octanol–water partition coefficient (Wildman–Crippen LogP) is 3.81. The summed E-state index contributed by atoms with van der Waals surface area (Å²) in [6.45, 7) is 0. The number of benzene rings is 2. The predicted molar refractivity (Wildman–Crippen MR) is 72.9 cm³/mol. The smallest absolute Gasteiger partial charge is 0.115 e. The van der Waals surface area contributed by atoms with Crippen LogP contribution in [-0.2, 0) is 0 Å². The van der Waals surface area contributed by atoms with Gasteiger partial charge in [0.2, 0.25) is 0 Å². The molecule has 0 fully saturated rings. The van der Waals surface area contributed by atoms with E-state index in [0.29, 0.717) is 0 Å². The molecule has 2 nitrogen and oxygen atoms in total. The molecule has 18 heavy (non-hydrogen) atoms. The van der Waals surface area contributed by atoms with E-state index in [4.69, 9.17) is 0 Å². The second-order valence-corrected chi connectivity index (χ2v) is 4.07. The van der Waals surface area contributed by atoms with Crippen molar-refractivity contribution in [1.82, 2.24) is 9.97 Å². The summed E-state index contributed by atoms with van der Waals surface area (Å²) in [6.07, 6.45) is 5.21. The van der Waals surface area contributed by atoms with Crippen molar-refractivity contribution in [2.45, 2.75) is 0 Å². The van der Waals surface area contributed by atoms with Crippen molar-refractivity contribution in [2.75, 3.05) is 0 Å². The third-order valence-corrected chi connectivity index (χ3v) is 2.86. The van der Waals surface area contributed by atoms with Gasteiger partial charge >= 0.3 is 0 Å². The zero-order valence-corrected chi connectivity index (χ0v) is 9.82. The average Bonchev–Trinajstić information content (AvgIpc) is 2.49. The van der Waals surface area contributed by atoms with Crippen molar-refractivity contribution in [2.24, 2.45) is 0 Å². The molecule has 0 aliphatic rings. The molecule has 0 amide bonds. The van der Waals surface area contributed by atoms with Crippen LogP contribution in [0.3, 0.4) is 0 Å². The molecular weight excluding hydrogens is 220 g/mol. The normalized spacial score (nSPS) is 10.2. The maximum Gasteiger partial charge on any atom is 0.115 e. The Kier molecular flexibility index (Phi) is 2.84. The highest BCUT2D eigenvalue weighted by Crippen LogP contribution is 2.25. The summed E-state index contributed by atoms with van der Waals surface area (Å²) in [4.78, 5) is 8.10. The molecule has 2 aromatic carbocycles.